The molecular formula is C13H18N2O2S. The van der Waals surface area contributed by atoms with E-state index in [1.807, 2.05) is 0 Å². The summed E-state index contributed by atoms with van der Waals surface area (Å²) in [5, 5.41) is 4.24. The van der Waals surface area contributed by atoms with Gasteiger partial charge in [-0.3, -0.25) is 0 Å². The number of hydrogen-bond acceptors (Lipinski definition) is 5. The van der Waals surface area contributed by atoms with Gasteiger partial charge in [0, 0.05) is 12.1 Å². The predicted molar refractivity (Wildman–Crippen MR) is 75.3 cm³/mol. The fourth-order valence-electron chi connectivity index (χ4n) is 1.88. The number of nitrogens with one attached hydrogen (secondary N) is 1. The van der Waals surface area contributed by atoms with Crippen molar-refractivity contribution in [2.75, 3.05) is 24.2 Å². The minimum atomic E-state index is -0.325. The monoisotopic (exact) mass is 266 g/mol. The molecule has 0 atom stereocenters. The minimum absolute atomic E-state index is 0.325. The number of hydrogen-bond donors (Lipinski definition) is 2. The van der Waals surface area contributed by atoms with Gasteiger partial charge in [0.15, 0.2) is 0 Å². The van der Waals surface area contributed by atoms with E-state index in [-0.39, 0.29) is 5.97 Å². The zero-order chi connectivity index (χ0) is 13.1. The van der Waals surface area contributed by atoms with Crippen LogP contribution in [0.25, 0.3) is 0 Å². The molecule has 1 aliphatic carbocycles. The van der Waals surface area contributed by atoms with Crippen LogP contribution in [0.1, 0.15) is 40.9 Å². The zero-order valence-corrected chi connectivity index (χ0v) is 11.3. The van der Waals surface area contributed by atoms with E-state index >= 15 is 0 Å². The molecule has 1 aromatic heterocycles. The number of esters is 1. The Balaban J connectivity index is 2.30. The molecule has 0 spiro atoms. The van der Waals surface area contributed by atoms with E-state index in [1.165, 1.54) is 11.3 Å². The molecule has 1 aromatic rings. The number of anilines is 2. The predicted octanol–water partition coefficient (Wildman–Crippen LogP) is 2.98. The second-order valence-electron chi connectivity index (χ2n) is 4.25. The fourth-order valence-corrected chi connectivity index (χ4v) is 2.99. The summed E-state index contributed by atoms with van der Waals surface area (Å²) in [7, 11) is 0. The molecule has 0 aromatic carbocycles. The van der Waals surface area contributed by atoms with Gasteiger partial charge >= 0.3 is 5.97 Å². The average molecular weight is 266 g/mol. The number of thiophene rings is 1. The Hall–Kier alpha value is -1.49. The summed E-state index contributed by atoms with van der Waals surface area (Å²) in [6, 6.07) is 0. The Kier molecular flexibility index (Phi) is 3.91. The van der Waals surface area contributed by atoms with Gasteiger partial charge in [-0.2, -0.15) is 0 Å². The first-order valence-corrected chi connectivity index (χ1v) is 6.94. The summed E-state index contributed by atoms with van der Waals surface area (Å²) in [6.07, 6.45) is 4.08. The van der Waals surface area contributed by atoms with Crippen molar-refractivity contribution in [3.8, 4) is 0 Å². The highest BCUT2D eigenvalue weighted by molar-refractivity contribution is 7.18. The van der Waals surface area contributed by atoms with Gasteiger partial charge in [-0.15, -0.1) is 17.9 Å². The van der Waals surface area contributed by atoms with E-state index in [4.69, 9.17) is 10.5 Å². The van der Waals surface area contributed by atoms with Crippen molar-refractivity contribution in [2.45, 2.75) is 25.7 Å². The van der Waals surface area contributed by atoms with Crippen molar-refractivity contribution in [1.29, 1.82) is 0 Å². The second-order valence-corrected chi connectivity index (χ2v) is 5.27. The van der Waals surface area contributed by atoms with Crippen molar-refractivity contribution in [3.05, 3.63) is 23.1 Å². The van der Waals surface area contributed by atoms with Gasteiger partial charge in [-0.05, 0) is 25.7 Å². The van der Waals surface area contributed by atoms with Crippen molar-refractivity contribution in [2.24, 2.45) is 0 Å². The Morgan fingerprint density at radius 3 is 2.94 bits per heavy atom. The van der Waals surface area contributed by atoms with Crippen LogP contribution in [0, 0.1) is 0 Å². The standard InChI is InChI=1S/C13H18N2O2S/c1-3-7-15-12-9(8-5-6-8)10(14)11(18-12)13(16)17-4-2/h3,8,15H,1,4-7,14H2,2H3. The van der Waals surface area contributed by atoms with Crippen molar-refractivity contribution < 1.29 is 9.53 Å². The molecule has 1 aliphatic rings. The molecule has 2 rings (SSSR count). The van der Waals surface area contributed by atoms with Crippen LogP contribution in [0.5, 0.6) is 0 Å². The molecule has 1 fully saturated rings. The lowest BCUT2D eigenvalue weighted by Crippen LogP contribution is -2.05. The van der Waals surface area contributed by atoms with Crippen LogP contribution in [-0.2, 0) is 4.74 Å². The summed E-state index contributed by atoms with van der Waals surface area (Å²) >= 11 is 1.38. The van der Waals surface area contributed by atoms with E-state index in [9.17, 15) is 4.79 Å². The third kappa shape index (κ3) is 2.51. The summed E-state index contributed by atoms with van der Waals surface area (Å²) in [6.45, 7) is 6.50. The molecule has 3 N–H and O–H groups in total. The number of carbonyl (C=O) groups is 1. The van der Waals surface area contributed by atoms with E-state index in [0.717, 1.165) is 23.4 Å². The summed E-state index contributed by atoms with van der Waals surface area (Å²) < 4.78 is 5.03. The van der Waals surface area contributed by atoms with Gasteiger partial charge in [0.25, 0.3) is 0 Å². The van der Waals surface area contributed by atoms with Gasteiger partial charge in [-0.1, -0.05) is 6.08 Å². The lowest BCUT2D eigenvalue weighted by Gasteiger charge is -2.04. The smallest absolute Gasteiger partial charge is 0.350 e. The molecule has 0 aliphatic heterocycles. The molecule has 0 amide bonds. The van der Waals surface area contributed by atoms with Crippen molar-refractivity contribution >= 4 is 28.0 Å². The van der Waals surface area contributed by atoms with Crippen LogP contribution < -0.4 is 11.1 Å². The quantitative estimate of drug-likeness (QED) is 0.613. The molecule has 0 bridgehead atoms. The highest BCUT2D eigenvalue weighted by Crippen LogP contribution is 2.50. The van der Waals surface area contributed by atoms with E-state index in [2.05, 4.69) is 11.9 Å². The fraction of sp³-hybridized carbons (Fsp3) is 0.462. The van der Waals surface area contributed by atoms with E-state index in [1.54, 1.807) is 13.0 Å². The van der Waals surface area contributed by atoms with Crippen LogP contribution >= 0.6 is 11.3 Å². The topological polar surface area (TPSA) is 64.3 Å². The number of nitrogens with two attached hydrogens (primary N) is 1. The van der Waals surface area contributed by atoms with Crippen LogP contribution in [-0.4, -0.2) is 19.1 Å². The highest BCUT2D eigenvalue weighted by Gasteiger charge is 2.33. The van der Waals surface area contributed by atoms with Crippen molar-refractivity contribution in [1.82, 2.24) is 0 Å². The van der Waals surface area contributed by atoms with Gasteiger partial charge in [-0.25, -0.2) is 4.79 Å². The number of rotatable bonds is 6. The summed E-state index contributed by atoms with van der Waals surface area (Å²) in [4.78, 5) is 12.3. The summed E-state index contributed by atoms with van der Waals surface area (Å²) in [5.41, 5.74) is 7.77. The first-order valence-electron chi connectivity index (χ1n) is 6.13. The maximum Gasteiger partial charge on any atom is 0.350 e. The Morgan fingerprint density at radius 1 is 1.67 bits per heavy atom. The van der Waals surface area contributed by atoms with Gasteiger partial charge in [0.2, 0.25) is 0 Å². The average Bonchev–Trinajstić information content (AvgIpc) is 3.12. The van der Waals surface area contributed by atoms with Crippen LogP contribution in [0.15, 0.2) is 12.7 Å². The van der Waals surface area contributed by atoms with E-state index < -0.39 is 0 Å². The lowest BCUT2D eigenvalue weighted by molar-refractivity contribution is 0.0533. The molecule has 0 unspecified atom stereocenters. The third-order valence-corrected chi connectivity index (χ3v) is 4.00. The maximum atomic E-state index is 11.8. The first-order chi connectivity index (χ1) is 8.69. The second kappa shape index (κ2) is 5.44. The first kappa shape index (κ1) is 13.0. The maximum absolute atomic E-state index is 11.8. The minimum Gasteiger partial charge on any atom is -0.462 e. The largest absolute Gasteiger partial charge is 0.462 e. The highest BCUT2D eigenvalue weighted by atomic mass is 32.1. The molecule has 18 heavy (non-hydrogen) atoms. The normalized spacial score (nSPS) is 14.3. The molecule has 4 nitrogen and oxygen atoms in total. The molecule has 1 saturated carbocycles. The zero-order valence-electron chi connectivity index (χ0n) is 10.5. The van der Waals surface area contributed by atoms with Crippen molar-refractivity contribution in [3.63, 3.8) is 0 Å². The van der Waals surface area contributed by atoms with E-state index in [0.29, 0.717) is 29.6 Å². The molecular weight excluding hydrogens is 248 g/mol. The third-order valence-electron chi connectivity index (χ3n) is 2.84. The van der Waals surface area contributed by atoms with Crippen LogP contribution in [0.2, 0.25) is 0 Å². The number of ether oxygens (including phenoxy) is 1. The Morgan fingerprint density at radius 2 is 2.39 bits per heavy atom. The van der Waals surface area contributed by atoms with Crippen LogP contribution in [0.4, 0.5) is 10.7 Å². The lowest BCUT2D eigenvalue weighted by atomic mass is 10.1. The number of nitrogen functional groups attached to an aromatic ring is 1. The van der Waals surface area contributed by atoms with Gasteiger partial charge in [0.05, 0.1) is 17.3 Å². The van der Waals surface area contributed by atoms with Gasteiger partial charge in [0.1, 0.15) is 4.88 Å². The molecule has 0 radical (unpaired) electrons. The Bertz CT molecular complexity index is 464. The molecule has 0 saturated heterocycles. The molecule has 1 heterocycles. The SMILES string of the molecule is C=CCNc1sc(C(=O)OCC)c(N)c1C1CC1. The Labute approximate surface area is 111 Å². The van der Waals surface area contributed by atoms with Gasteiger partial charge < -0.3 is 15.8 Å². The molecule has 98 valence electrons. The molecule has 5 heteroatoms. The van der Waals surface area contributed by atoms with Crippen LogP contribution in [0.3, 0.4) is 0 Å². The summed E-state index contributed by atoms with van der Waals surface area (Å²) in [5.74, 6) is 0.172. The number of carbonyl (C=O) groups excluding carboxylic acids is 1.